The zero-order valence-electron chi connectivity index (χ0n) is 22.8. The van der Waals surface area contributed by atoms with E-state index in [0.29, 0.717) is 61.9 Å². The Balaban J connectivity index is 1.34. The molecule has 0 unspecified atom stereocenters. The van der Waals surface area contributed by atoms with Gasteiger partial charge in [0.25, 0.3) is 0 Å². The quantitative estimate of drug-likeness (QED) is 0.324. The van der Waals surface area contributed by atoms with Crippen molar-refractivity contribution < 1.29 is 27.4 Å². The third kappa shape index (κ3) is 6.40. The molecule has 9 heteroatoms. The van der Waals surface area contributed by atoms with E-state index in [4.69, 9.17) is 9.47 Å². The monoisotopic (exact) mass is 543 g/mol. The lowest BCUT2D eigenvalue weighted by Crippen LogP contribution is -2.48. The summed E-state index contributed by atoms with van der Waals surface area (Å²) in [6.45, 7) is 7.94. The molecule has 1 saturated carbocycles. The molecular weight excluding hydrogens is 507 g/mol. The van der Waals surface area contributed by atoms with Crippen molar-refractivity contribution >= 4 is 17.1 Å². The zero-order valence-corrected chi connectivity index (χ0v) is 22.8. The topological polar surface area (TPSA) is 56.6 Å². The van der Waals surface area contributed by atoms with Crippen molar-refractivity contribution in [3.63, 3.8) is 0 Å². The fourth-order valence-electron chi connectivity index (χ4n) is 5.31. The molecule has 1 saturated heterocycles. The number of benzene rings is 2. The first-order valence-corrected chi connectivity index (χ1v) is 13.6. The summed E-state index contributed by atoms with van der Waals surface area (Å²) in [5, 5.41) is 0. The highest BCUT2D eigenvalue weighted by Gasteiger charge is 2.39. The Kier molecular flexibility index (Phi) is 7.39. The van der Waals surface area contributed by atoms with Gasteiger partial charge >= 0.3 is 12.3 Å². The molecule has 3 aromatic rings. The largest absolute Gasteiger partial charge is 0.444 e. The lowest BCUT2D eigenvalue weighted by molar-refractivity contribution is -0.137. The normalized spacial score (nSPS) is 17.9. The maximum Gasteiger partial charge on any atom is 0.416 e. The molecule has 6 nitrogen and oxygen atoms in total. The van der Waals surface area contributed by atoms with Gasteiger partial charge in [0.15, 0.2) is 0 Å². The van der Waals surface area contributed by atoms with Gasteiger partial charge in [0, 0.05) is 25.0 Å². The van der Waals surface area contributed by atoms with E-state index >= 15 is 0 Å². The summed E-state index contributed by atoms with van der Waals surface area (Å²) in [7, 11) is 0. The highest BCUT2D eigenvalue weighted by molar-refractivity contribution is 5.77. The van der Waals surface area contributed by atoms with Crippen molar-refractivity contribution in [1.29, 1.82) is 0 Å². The van der Waals surface area contributed by atoms with E-state index in [-0.39, 0.29) is 18.1 Å². The summed E-state index contributed by atoms with van der Waals surface area (Å²) in [5.41, 5.74) is 0.677. The molecule has 2 aliphatic rings. The number of fused-ring (bicyclic) bond motifs is 1. The Morgan fingerprint density at radius 2 is 1.74 bits per heavy atom. The van der Waals surface area contributed by atoms with E-state index in [9.17, 15) is 18.0 Å². The van der Waals surface area contributed by atoms with Gasteiger partial charge in [0.2, 0.25) is 0 Å². The van der Waals surface area contributed by atoms with Crippen LogP contribution < -0.4 is 0 Å². The summed E-state index contributed by atoms with van der Waals surface area (Å²) in [5.74, 6) is 1.11. The summed E-state index contributed by atoms with van der Waals surface area (Å²) in [6.07, 6.45) is -1.14. The van der Waals surface area contributed by atoms with Crippen molar-refractivity contribution in [2.75, 3.05) is 19.7 Å². The molecule has 0 radical (unpaired) electrons. The summed E-state index contributed by atoms with van der Waals surface area (Å²) in [6, 6.07) is 13.9. The van der Waals surface area contributed by atoms with Crippen LogP contribution in [0, 0.1) is 5.92 Å². The predicted octanol–water partition coefficient (Wildman–Crippen LogP) is 6.95. The van der Waals surface area contributed by atoms with Crippen molar-refractivity contribution in [1.82, 2.24) is 14.5 Å². The number of likely N-dealkylation sites (tertiary alicyclic amines) is 1. The fourth-order valence-corrected chi connectivity index (χ4v) is 5.31. The molecular formula is C30H36F3N3O3. The molecule has 2 aromatic carbocycles. The molecule has 0 bridgehead atoms. The lowest BCUT2D eigenvalue weighted by Gasteiger charge is -2.42. The Bertz CT molecular complexity index is 1300. The number of piperidine rings is 1. The number of ether oxygens (including phenoxy) is 2. The average molecular weight is 544 g/mol. The van der Waals surface area contributed by atoms with Crippen LogP contribution in [0.1, 0.15) is 63.4 Å². The van der Waals surface area contributed by atoms with Crippen LogP contribution in [0.4, 0.5) is 18.0 Å². The second-order valence-corrected chi connectivity index (χ2v) is 11.9. The van der Waals surface area contributed by atoms with E-state index < -0.39 is 17.3 Å². The highest BCUT2D eigenvalue weighted by Crippen LogP contribution is 2.38. The van der Waals surface area contributed by atoms with E-state index in [0.717, 1.165) is 24.5 Å². The number of hydrogen-bond donors (Lipinski definition) is 0. The van der Waals surface area contributed by atoms with E-state index in [1.54, 1.807) is 4.90 Å². The lowest BCUT2D eigenvalue weighted by atomic mass is 9.73. The van der Waals surface area contributed by atoms with Crippen molar-refractivity contribution in [2.45, 2.75) is 76.8 Å². The van der Waals surface area contributed by atoms with Crippen LogP contribution in [-0.2, 0) is 34.2 Å². The predicted molar refractivity (Wildman–Crippen MR) is 142 cm³/mol. The molecule has 1 aliphatic carbocycles. The highest BCUT2D eigenvalue weighted by atomic mass is 19.4. The summed E-state index contributed by atoms with van der Waals surface area (Å²) in [4.78, 5) is 19.1. The number of imidazole rings is 1. The molecule has 0 atom stereocenters. The van der Waals surface area contributed by atoms with Crippen molar-refractivity contribution in [2.24, 2.45) is 5.92 Å². The van der Waals surface area contributed by atoms with Gasteiger partial charge in [-0.05, 0) is 76.1 Å². The van der Waals surface area contributed by atoms with Gasteiger partial charge in [-0.3, -0.25) is 0 Å². The summed E-state index contributed by atoms with van der Waals surface area (Å²) >= 11 is 0. The Morgan fingerprint density at radius 3 is 2.36 bits per heavy atom. The van der Waals surface area contributed by atoms with E-state index in [1.165, 1.54) is 12.1 Å². The second-order valence-electron chi connectivity index (χ2n) is 11.9. The van der Waals surface area contributed by atoms with Crippen LogP contribution in [0.25, 0.3) is 11.0 Å². The SMILES string of the molecule is CC(C)(C)OC(=O)N1CCC(COCc2nc3ccc(C(F)(F)F)cc3n2CC2CC2)(c2ccccc2)CC1. The first kappa shape index (κ1) is 27.5. The third-order valence-electron chi connectivity index (χ3n) is 7.66. The first-order valence-electron chi connectivity index (χ1n) is 13.6. The maximum atomic E-state index is 13.4. The number of alkyl halides is 3. The minimum atomic E-state index is -4.41. The zero-order chi connectivity index (χ0) is 27.8. The standard InChI is InChI=1S/C30H36F3N3O3/c1-28(2,3)39-27(37)35-15-13-29(14-16-35,22-7-5-4-6-8-22)20-38-19-26-34-24-12-11-23(30(31,32)33)17-25(24)36(26)18-21-9-10-21/h4-8,11-12,17,21H,9-10,13-16,18-20H2,1-3H3. The van der Waals surface area contributed by atoms with Crippen LogP contribution in [0.15, 0.2) is 48.5 Å². The van der Waals surface area contributed by atoms with Gasteiger partial charge in [0.1, 0.15) is 18.0 Å². The number of amides is 1. The van der Waals surface area contributed by atoms with Gasteiger partial charge < -0.3 is 18.9 Å². The molecule has 1 amide bonds. The minimum absolute atomic E-state index is 0.202. The Hall–Kier alpha value is -3.07. The number of rotatable bonds is 7. The molecule has 2 heterocycles. The van der Waals surface area contributed by atoms with Gasteiger partial charge in [-0.15, -0.1) is 0 Å². The molecule has 1 aromatic heterocycles. The molecule has 5 rings (SSSR count). The molecule has 1 aliphatic heterocycles. The number of aromatic nitrogens is 2. The smallest absolute Gasteiger partial charge is 0.416 e. The molecule has 39 heavy (non-hydrogen) atoms. The van der Waals surface area contributed by atoms with Crippen LogP contribution in [0.5, 0.6) is 0 Å². The molecule has 0 N–H and O–H groups in total. The fraction of sp³-hybridized carbons (Fsp3) is 0.533. The van der Waals surface area contributed by atoms with Crippen molar-refractivity contribution in [3.8, 4) is 0 Å². The molecule has 2 fully saturated rings. The second kappa shape index (κ2) is 10.5. The number of carbonyl (C=O) groups is 1. The molecule has 0 spiro atoms. The summed E-state index contributed by atoms with van der Waals surface area (Å²) < 4.78 is 54.0. The van der Waals surface area contributed by atoms with E-state index in [1.807, 2.05) is 43.5 Å². The van der Waals surface area contributed by atoms with Crippen LogP contribution >= 0.6 is 0 Å². The Labute approximate surface area is 227 Å². The molecule has 210 valence electrons. The number of carbonyl (C=O) groups excluding carboxylic acids is 1. The van der Waals surface area contributed by atoms with Crippen LogP contribution in [0.3, 0.4) is 0 Å². The van der Waals surface area contributed by atoms with Gasteiger partial charge in [-0.25, -0.2) is 9.78 Å². The van der Waals surface area contributed by atoms with Crippen LogP contribution in [-0.4, -0.2) is 45.8 Å². The third-order valence-corrected chi connectivity index (χ3v) is 7.66. The van der Waals surface area contributed by atoms with Gasteiger partial charge in [-0.1, -0.05) is 30.3 Å². The number of halogens is 3. The average Bonchev–Trinajstić information content (AvgIpc) is 3.64. The van der Waals surface area contributed by atoms with E-state index in [2.05, 4.69) is 17.1 Å². The maximum absolute atomic E-state index is 13.4. The number of hydrogen-bond acceptors (Lipinski definition) is 4. The van der Waals surface area contributed by atoms with Crippen LogP contribution in [0.2, 0.25) is 0 Å². The number of nitrogens with zero attached hydrogens (tertiary/aromatic N) is 3. The minimum Gasteiger partial charge on any atom is -0.444 e. The first-order chi connectivity index (χ1) is 18.4. The van der Waals surface area contributed by atoms with Gasteiger partial charge in [-0.2, -0.15) is 13.2 Å². The van der Waals surface area contributed by atoms with Crippen molar-refractivity contribution in [3.05, 3.63) is 65.5 Å². The van der Waals surface area contributed by atoms with Gasteiger partial charge in [0.05, 0.1) is 23.2 Å². The Morgan fingerprint density at radius 1 is 1.05 bits per heavy atom.